The van der Waals surface area contributed by atoms with Gasteiger partial charge in [-0.05, 0) is 57.2 Å². The highest BCUT2D eigenvalue weighted by Crippen LogP contribution is 2.26. The van der Waals surface area contributed by atoms with Gasteiger partial charge in [0.25, 0.3) is 0 Å². The molecular weight excluding hydrogens is 204 g/mol. The van der Waals surface area contributed by atoms with Gasteiger partial charge in [-0.3, -0.25) is 4.79 Å². The van der Waals surface area contributed by atoms with Crippen molar-refractivity contribution < 1.29 is 9.53 Å². The van der Waals surface area contributed by atoms with Crippen molar-refractivity contribution in [3.63, 3.8) is 0 Å². The zero-order valence-corrected chi connectivity index (χ0v) is 10.00. The van der Waals surface area contributed by atoms with Crippen LogP contribution in [-0.2, 0) is 9.53 Å². The van der Waals surface area contributed by atoms with Crippen LogP contribution in [0.25, 0.3) is 0 Å². The standard InChI is InChI=1S/C12H22N2O2/c1-16-12(15)11-7-10(8-14-11)6-9-2-4-13-5-3-9/h9-11,13-14H,2-8H2,1H3. The zero-order chi connectivity index (χ0) is 11.4. The van der Waals surface area contributed by atoms with Gasteiger partial charge >= 0.3 is 5.97 Å². The predicted molar refractivity (Wildman–Crippen MR) is 62.1 cm³/mol. The van der Waals surface area contributed by atoms with Gasteiger partial charge in [0.1, 0.15) is 6.04 Å². The summed E-state index contributed by atoms with van der Waals surface area (Å²) >= 11 is 0. The summed E-state index contributed by atoms with van der Waals surface area (Å²) in [5, 5.41) is 6.64. The molecule has 2 heterocycles. The van der Waals surface area contributed by atoms with Crippen LogP contribution in [0.5, 0.6) is 0 Å². The molecule has 0 saturated carbocycles. The molecule has 2 unspecified atom stereocenters. The van der Waals surface area contributed by atoms with Gasteiger partial charge in [0.2, 0.25) is 0 Å². The Morgan fingerprint density at radius 2 is 2.06 bits per heavy atom. The number of hydrogen-bond donors (Lipinski definition) is 2. The molecule has 92 valence electrons. The summed E-state index contributed by atoms with van der Waals surface area (Å²) in [4.78, 5) is 11.4. The minimum atomic E-state index is -0.104. The second kappa shape index (κ2) is 5.64. The molecule has 0 aromatic rings. The number of ether oxygens (including phenoxy) is 1. The van der Waals surface area contributed by atoms with Crippen LogP contribution in [0, 0.1) is 11.8 Å². The van der Waals surface area contributed by atoms with E-state index in [1.54, 1.807) is 0 Å². The molecule has 4 nitrogen and oxygen atoms in total. The lowest BCUT2D eigenvalue weighted by Gasteiger charge is -2.24. The van der Waals surface area contributed by atoms with Gasteiger partial charge in [0.15, 0.2) is 0 Å². The van der Waals surface area contributed by atoms with Crippen molar-refractivity contribution in [2.24, 2.45) is 11.8 Å². The van der Waals surface area contributed by atoms with Crippen LogP contribution in [0.15, 0.2) is 0 Å². The Labute approximate surface area is 97.1 Å². The average molecular weight is 226 g/mol. The Bertz CT molecular complexity index is 239. The lowest BCUT2D eigenvalue weighted by molar-refractivity contribution is -0.142. The lowest BCUT2D eigenvalue weighted by Crippen LogP contribution is -2.31. The normalized spacial score (nSPS) is 31.6. The highest BCUT2D eigenvalue weighted by molar-refractivity contribution is 5.75. The van der Waals surface area contributed by atoms with Crippen LogP contribution in [-0.4, -0.2) is 38.8 Å². The lowest BCUT2D eigenvalue weighted by atomic mass is 9.87. The van der Waals surface area contributed by atoms with E-state index in [-0.39, 0.29) is 12.0 Å². The molecule has 0 amide bonds. The molecule has 2 rings (SSSR count). The van der Waals surface area contributed by atoms with Gasteiger partial charge in [-0.2, -0.15) is 0 Å². The van der Waals surface area contributed by atoms with E-state index in [0.29, 0.717) is 5.92 Å². The number of carbonyl (C=O) groups excluding carboxylic acids is 1. The number of nitrogens with one attached hydrogen (secondary N) is 2. The fraction of sp³-hybridized carbons (Fsp3) is 0.917. The molecular formula is C12H22N2O2. The molecule has 0 spiro atoms. The van der Waals surface area contributed by atoms with E-state index in [0.717, 1.165) is 32.0 Å². The van der Waals surface area contributed by atoms with E-state index in [4.69, 9.17) is 4.74 Å². The van der Waals surface area contributed by atoms with E-state index in [9.17, 15) is 4.79 Å². The number of carbonyl (C=O) groups is 1. The third-order valence-electron chi connectivity index (χ3n) is 3.83. The second-order valence-corrected chi connectivity index (χ2v) is 5.01. The van der Waals surface area contributed by atoms with Gasteiger partial charge in [-0.25, -0.2) is 0 Å². The summed E-state index contributed by atoms with van der Waals surface area (Å²) in [7, 11) is 1.46. The number of rotatable bonds is 3. The zero-order valence-electron chi connectivity index (χ0n) is 10.00. The molecule has 2 aliphatic heterocycles. The molecule has 0 bridgehead atoms. The van der Waals surface area contributed by atoms with Gasteiger partial charge < -0.3 is 15.4 Å². The van der Waals surface area contributed by atoms with Crippen molar-refractivity contribution in [1.82, 2.24) is 10.6 Å². The van der Waals surface area contributed by atoms with Crippen LogP contribution < -0.4 is 10.6 Å². The van der Waals surface area contributed by atoms with Crippen molar-refractivity contribution >= 4 is 5.97 Å². The smallest absolute Gasteiger partial charge is 0.322 e. The molecule has 0 aliphatic carbocycles. The highest BCUT2D eigenvalue weighted by atomic mass is 16.5. The van der Waals surface area contributed by atoms with Crippen LogP contribution in [0.2, 0.25) is 0 Å². The molecule has 0 radical (unpaired) electrons. The Morgan fingerprint density at radius 3 is 2.75 bits per heavy atom. The summed E-state index contributed by atoms with van der Waals surface area (Å²) in [5.41, 5.74) is 0. The van der Waals surface area contributed by atoms with E-state index in [1.807, 2.05) is 0 Å². The minimum Gasteiger partial charge on any atom is -0.468 e. The van der Waals surface area contributed by atoms with Gasteiger partial charge in [-0.15, -0.1) is 0 Å². The van der Waals surface area contributed by atoms with E-state index >= 15 is 0 Å². The third kappa shape index (κ3) is 2.95. The molecule has 0 aromatic heterocycles. The first-order valence-corrected chi connectivity index (χ1v) is 6.31. The first-order valence-electron chi connectivity index (χ1n) is 6.31. The molecule has 2 atom stereocenters. The van der Waals surface area contributed by atoms with Crippen LogP contribution in [0.1, 0.15) is 25.7 Å². The Kier molecular flexibility index (Phi) is 4.18. The first-order chi connectivity index (χ1) is 7.79. The van der Waals surface area contributed by atoms with Crippen molar-refractivity contribution in [3.05, 3.63) is 0 Å². The van der Waals surface area contributed by atoms with Crippen LogP contribution >= 0.6 is 0 Å². The summed E-state index contributed by atoms with van der Waals surface area (Å²) in [6.07, 6.45) is 4.80. The van der Waals surface area contributed by atoms with Gasteiger partial charge in [0, 0.05) is 0 Å². The summed E-state index contributed by atoms with van der Waals surface area (Å²) in [5.74, 6) is 1.41. The van der Waals surface area contributed by atoms with E-state index in [1.165, 1.54) is 26.4 Å². The quantitative estimate of drug-likeness (QED) is 0.689. The molecule has 2 saturated heterocycles. The highest BCUT2D eigenvalue weighted by Gasteiger charge is 2.31. The van der Waals surface area contributed by atoms with E-state index < -0.39 is 0 Å². The first kappa shape index (κ1) is 11.9. The summed E-state index contributed by atoms with van der Waals surface area (Å²) < 4.78 is 4.76. The number of piperidine rings is 1. The number of methoxy groups -OCH3 is 1. The summed E-state index contributed by atoms with van der Waals surface area (Å²) in [6, 6.07) is -0.0586. The maximum absolute atomic E-state index is 11.4. The van der Waals surface area contributed by atoms with Crippen molar-refractivity contribution in [2.45, 2.75) is 31.7 Å². The SMILES string of the molecule is COC(=O)C1CC(CC2CCNCC2)CN1. The van der Waals surface area contributed by atoms with E-state index in [2.05, 4.69) is 10.6 Å². The van der Waals surface area contributed by atoms with Crippen LogP contribution in [0.4, 0.5) is 0 Å². The Morgan fingerprint density at radius 1 is 1.31 bits per heavy atom. The molecule has 2 N–H and O–H groups in total. The molecule has 2 fully saturated rings. The van der Waals surface area contributed by atoms with Crippen molar-refractivity contribution in [2.75, 3.05) is 26.7 Å². The third-order valence-corrected chi connectivity index (χ3v) is 3.83. The minimum absolute atomic E-state index is 0.0586. The monoisotopic (exact) mass is 226 g/mol. The largest absolute Gasteiger partial charge is 0.468 e. The van der Waals surface area contributed by atoms with Crippen molar-refractivity contribution in [3.8, 4) is 0 Å². The number of hydrogen-bond acceptors (Lipinski definition) is 4. The van der Waals surface area contributed by atoms with Gasteiger partial charge in [0.05, 0.1) is 7.11 Å². The molecule has 2 aliphatic rings. The van der Waals surface area contributed by atoms with Gasteiger partial charge in [-0.1, -0.05) is 0 Å². The Balaban J connectivity index is 1.73. The fourth-order valence-corrected chi connectivity index (χ4v) is 2.90. The molecule has 16 heavy (non-hydrogen) atoms. The van der Waals surface area contributed by atoms with Crippen molar-refractivity contribution in [1.29, 1.82) is 0 Å². The molecule has 4 heteroatoms. The topological polar surface area (TPSA) is 50.4 Å². The fourth-order valence-electron chi connectivity index (χ4n) is 2.90. The Hall–Kier alpha value is -0.610. The maximum Gasteiger partial charge on any atom is 0.322 e. The molecule has 0 aromatic carbocycles. The average Bonchev–Trinajstić information content (AvgIpc) is 2.78. The maximum atomic E-state index is 11.4. The van der Waals surface area contributed by atoms with Crippen LogP contribution in [0.3, 0.4) is 0 Å². The predicted octanol–water partition coefficient (Wildman–Crippen LogP) is 0.527. The summed E-state index contributed by atoms with van der Waals surface area (Å²) in [6.45, 7) is 3.29. The number of esters is 1. The second-order valence-electron chi connectivity index (χ2n) is 5.01.